The molecular weight excluding hydrogens is 214 g/mol. The van der Waals surface area contributed by atoms with Crippen LogP contribution in [-0.2, 0) is 13.0 Å². The van der Waals surface area contributed by atoms with Crippen LogP contribution in [-0.4, -0.2) is 10.2 Å². The highest BCUT2D eigenvalue weighted by atomic mass is 16.3. The second-order valence-corrected chi connectivity index (χ2v) is 4.50. The molecule has 2 heterocycles. The van der Waals surface area contributed by atoms with Crippen molar-refractivity contribution in [3.8, 4) is 11.5 Å². The zero-order chi connectivity index (χ0) is 12.0. The van der Waals surface area contributed by atoms with Gasteiger partial charge in [-0.1, -0.05) is 6.07 Å². The molecule has 0 saturated heterocycles. The van der Waals surface area contributed by atoms with Gasteiger partial charge in [0.25, 0.3) is 0 Å². The first-order valence-electron chi connectivity index (χ1n) is 5.67. The van der Waals surface area contributed by atoms with Gasteiger partial charge in [-0.2, -0.15) is 4.57 Å². The topological polar surface area (TPSA) is 44.3 Å². The van der Waals surface area contributed by atoms with Gasteiger partial charge in [-0.3, -0.25) is 0 Å². The quantitative estimate of drug-likeness (QED) is 0.454. The van der Waals surface area contributed by atoms with Gasteiger partial charge in [-0.15, -0.1) is 0 Å². The molecule has 0 aliphatic carbocycles. The van der Waals surface area contributed by atoms with E-state index in [2.05, 4.69) is 10.6 Å². The van der Waals surface area contributed by atoms with Gasteiger partial charge in [0.15, 0.2) is 29.9 Å². The zero-order valence-electron chi connectivity index (χ0n) is 9.64. The molecule has 1 aromatic carbocycles. The third kappa shape index (κ3) is 1.46. The highest BCUT2D eigenvalue weighted by Crippen LogP contribution is 2.35. The summed E-state index contributed by atoms with van der Waals surface area (Å²) in [5, 5.41) is 19.4. The molecule has 1 aliphatic heterocycles. The number of fused-ring (bicyclic) bond motifs is 2. The fourth-order valence-electron chi connectivity index (χ4n) is 2.47. The Morgan fingerprint density at radius 3 is 2.88 bits per heavy atom. The molecule has 0 saturated carbocycles. The Balaban J connectivity index is 2.18. The summed E-state index contributed by atoms with van der Waals surface area (Å²) in [6.45, 7) is 2.60. The van der Waals surface area contributed by atoms with Crippen molar-refractivity contribution in [3.63, 3.8) is 0 Å². The highest BCUT2D eigenvalue weighted by Gasteiger charge is 2.25. The molecule has 1 aromatic heterocycles. The number of rotatable bonds is 0. The summed E-state index contributed by atoms with van der Waals surface area (Å²) < 4.78 is 2.17. The van der Waals surface area contributed by atoms with Crippen molar-refractivity contribution in [1.82, 2.24) is 0 Å². The third-order valence-corrected chi connectivity index (χ3v) is 3.48. The van der Waals surface area contributed by atoms with Crippen LogP contribution in [0.1, 0.15) is 22.4 Å². The van der Waals surface area contributed by atoms with E-state index in [1.54, 1.807) is 6.07 Å². The number of hydrogen-bond donors (Lipinski definition) is 2. The Labute approximate surface area is 99.6 Å². The molecule has 0 bridgehead atoms. The molecule has 0 unspecified atom stereocenters. The van der Waals surface area contributed by atoms with E-state index in [9.17, 15) is 10.2 Å². The summed E-state index contributed by atoms with van der Waals surface area (Å²) in [4.78, 5) is 0. The van der Waals surface area contributed by atoms with Crippen LogP contribution in [0.5, 0.6) is 11.5 Å². The lowest BCUT2D eigenvalue weighted by Gasteiger charge is -2.17. The number of aromatic hydroxyl groups is 2. The molecule has 2 N–H and O–H groups in total. The van der Waals surface area contributed by atoms with Crippen LogP contribution in [0.15, 0.2) is 30.5 Å². The van der Waals surface area contributed by atoms with Crippen molar-refractivity contribution in [2.24, 2.45) is 0 Å². The summed E-state index contributed by atoms with van der Waals surface area (Å²) in [6, 6.07) is 7.78. The van der Waals surface area contributed by atoms with Gasteiger partial charge in [-0.25, -0.2) is 0 Å². The van der Waals surface area contributed by atoms with Gasteiger partial charge in [0.05, 0.1) is 6.42 Å². The fraction of sp³-hybridized carbons (Fsp3) is 0.214. The van der Waals surface area contributed by atoms with Crippen LogP contribution < -0.4 is 4.57 Å². The van der Waals surface area contributed by atoms with Gasteiger partial charge >= 0.3 is 0 Å². The Morgan fingerprint density at radius 2 is 2.06 bits per heavy atom. The van der Waals surface area contributed by atoms with Gasteiger partial charge in [0.1, 0.15) is 0 Å². The maximum atomic E-state index is 9.75. The monoisotopic (exact) mass is 228 g/mol. The number of nitrogens with zero attached hydrogens (tertiary/aromatic N) is 1. The molecule has 86 valence electrons. The van der Waals surface area contributed by atoms with E-state index < -0.39 is 0 Å². The largest absolute Gasteiger partial charge is 0.504 e. The average molecular weight is 228 g/mol. The van der Waals surface area contributed by atoms with Gasteiger partial charge in [0, 0.05) is 23.3 Å². The third-order valence-electron chi connectivity index (χ3n) is 3.48. The normalized spacial score (nSPS) is 13.0. The molecular formula is C14H14NO2+. The lowest BCUT2D eigenvalue weighted by Crippen LogP contribution is -2.42. The maximum absolute atomic E-state index is 9.75. The SMILES string of the molecule is Cc1c(O)c(O)cc2c1C[n+]1ccccc1C2. The van der Waals surface area contributed by atoms with E-state index in [0.29, 0.717) is 0 Å². The number of hydrogen-bond acceptors (Lipinski definition) is 2. The highest BCUT2D eigenvalue weighted by molar-refractivity contribution is 5.53. The van der Waals surface area contributed by atoms with Crippen molar-refractivity contribution < 1.29 is 14.8 Å². The van der Waals surface area contributed by atoms with Gasteiger partial charge in [0.2, 0.25) is 0 Å². The number of phenolic OH excluding ortho intramolecular Hbond substituents is 2. The number of benzene rings is 1. The van der Waals surface area contributed by atoms with Crippen LogP contribution in [0.25, 0.3) is 0 Å². The summed E-state index contributed by atoms with van der Waals surface area (Å²) in [7, 11) is 0. The van der Waals surface area contributed by atoms with E-state index in [0.717, 1.165) is 29.7 Å². The van der Waals surface area contributed by atoms with E-state index >= 15 is 0 Å². The smallest absolute Gasteiger partial charge is 0.186 e. The lowest BCUT2D eigenvalue weighted by molar-refractivity contribution is -0.697. The Hall–Kier alpha value is -2.03. The van der Waals surface area contributed by atoms with Crippen molar-refractivity contribution in [1.29, 1.82) is 0 Å². The van der Waals surface area contributed by atoms with Crippen LogP contribution >= 0.6 is 0 Å². The van der Waals surface area contributed by atoms with Crippen molar-refractivity contribution >= 4 is 0 Å². The Bertz CT molecular complexity index is 605. The predicted octanol–water partition coefficient (Wildman–Crippen LogP) is 1.65. The Kier molecular flexibility index (Phi) is 2.08. The first-order valence-corrected chi connectivity index (χ1v) is 5.67. The van der Waals surface area contributed by atoms with Gasteiger partial charge in [-0.05, 0) is 18.6 Å². The summed E-state index contributed by atoms with van der Waals surface area (Å²) >= 11 is 0. The van der Waals surface area contributed by atoms with Gasteiger partial charge < -0.3 is 10.2 Å². The molecule has 0 spiro atoms. The molecule has 0 atom stereocenters. The molecule has 2 aromatic rings. The number of phenols is 2. The first-order chi connectivity index (χ1) is 8.16. The van der Waals surface area contributed by atoms with E-state index in [-0.39, 0.29) is 11.5 Å². The summed E-state index contributed by atoms with van der Waals surface area (Å²) in [6.07, 6.45) is 2.84. The molecule has 3 nitrogen and oxygen atoms in total. The standard InChI is InChI=1S/C14H13NO2/c1-9-12-8-15-5-3-2-4-11(15)6-10(12)7-13(16)14(9)17/h2-5,7H,6,8H2,1H3,(H-,16,17)/p+1. The molecule has 0 amide bonds. The lowest BCUT2D eigenvalue weighted by atomic mass is 9.93. The zero-order valence-corrected chi connectivity index (χ0v) is 9.64. The summed E-state index contributed by atoms with van der Waals surface area (Å²) in [5.74, 6) is -0.0191. The fourth-order valence-corrected chi connectivity index (χ4v) is 2.47. The summed E-state index contributed by atoms with van der Waals surface area (Å²) in [5.41, 5.74) is 4.22. The van der Waals surface area contributed by atoms with E-state index in [1.807, 2.05) is 25.3 Å². The van der Waals surface area contributed by atoms with Crippen LogP contribution in [0.2, 0.25) is 0 Å². The number of aromatic nitrogens is 1. The van der Waals surface area contributed by atoms with Crippen molar-refractivity contribution in [3.05, 3.63) is 52.8 Å². The van der Waals surface area contributed by atoms with Crippen molar-refractivity contribution in [2.75, 3.05) is 0 Å². The van der Waals surface area contributed by atoms with E-state index in [4.69, 9.17) is 0 Å². The molecule has 17 heavy (non-hydrogen) atoms. The number of pyridine rings is 1. The minimum atomic E-state index is -0.0226. The Morgan fingerprint density at radius 1 is 1.24 bits per heavy atom. The average Bonchev–Trinajstić information content (AvgIpc) is 2.34. The molecule has 3 rings (SSSR count). The predicted molar refractivity (Wildman–Crippen MR) is 63.1 cm³/mol. The van der Waals surface area contributed by atoms with Crippen molar-refractivity contribution in [2.45, 2.75) is 19.9 Å². The first kappa shape index (κ1) is 10.1. The van der Waals surface area contributed by atoms with Crippen LogP contribution in [0.3, 0.4) is 0 Å². The molecule has 0 radical (unpaired) electrons. The minimum Gasteiger partial charge on any atom is -0.504 e. The van der Waals surface area contributed by atoms with Crippen LogP contribution in [0, 0.1) is 6.92 Å². The second kappa shape index (κ2) is 3.48. The van der Waals surface area contributed by atoms with E-state index in [1.165, 1.54) is 5.69 Å². The maximum Gasteiger partial charge on any atom is 0.186 e. The van der Waals surface area contributed by atoms with Crippen LogP contribution in [0.4, 0.5) is 0 Å². The molecule has 1 aliphatic rings. The second-order valence-electron chi connectivity index (χ2n) is 4.50. The molecule has 0 fully saturated rings. The molecule has 3 heteroatoms. The minimum absolute atomic E-state index is 0.00345.